The van der Waals surface area contributed by atoms with Crippen molar-refractivity contribution in [3.05, 3.63) is 59.7 Å². The molecule has 0 heterocycles. The summed E-state index contributed by atoms with van der Waals surface area (Å²) in [5.74, 6) is 0.683. The van der Waals surface area contributed by atoms with Gasteiger partial charge in [0.1, 0.15) is 11.5 Å². The van der Waals surface area contributed by atoms with Gasteiger partial charge in [-0.1, -0.05) is 51.9 Å². The molecule has 2 rings (SSSR count). The average molecular weight is 397 g/mol. The third-order valence-corrected chi connectivity index (χ3v) is 4.66. The van der Waals surface area contributed by atoms with Crippen LogP contribution in [0.15, 0.2) is 53.6 Å². The van der Waals surface area contributed by atoms with Crippen molar-refractivity contribution < 1.29 is 14.6 Å². The third-order valence-electron chi connectivity index (χ3n) is 4.66. The Morgan fingerprint density at radius 1 is 0.931 bits per heavy atom. The fourth-order valence-electron chi connectivity index (χ4n) is 2.92. The largest absolute Gasteiger partial charge is 0.508 e. The zero-order valence-electron chi connectivity index (χ0n) is 17.3. The van der Waals surface area contributed by atoms with Gasteiger partial charge < -0.3 is 9.84 Å². The van der Waals surface area contributed by atoms with E-state index in [9.17, 15) is 9.90 Å². The standard InChI is InChI=1S/C24H32N2O3/c1-2-3-4-5-6-7-8-9-18-29-23-16-12-21(13-17-23)24(28)26-25-19-20-10-14-22(27)15-11-20/h10-17,19,27H,2-9,18H2,1H3,(H,26,28)/b25-19-. The number of unbranched alkanes of at least 4 members (excludes halogenated alkanes) is 7. The van der Waals surface area contributed by atoms with Crippen LogP contribution in [0.1, 0.15) is 74.2 Å². The highest BCUT2D eigenvalue weighted by Crippen LogP contribution is 2.14. The molecule has 0 atom stereocenters. The van der Waals surface area contributed by atoms with Crippen LogP contribution >= 0.6 is 0 Å². The Balaban J connectivity index is 1.63. The average Bonchev–Trinajstić information content (AvgIpc) is 2.74. The van der Waals surface area contributed by atoms with Crippen LogP contribution in [0.5, 0.6) is 11.5 Å². The number of hydrogen-bond acceptors (Lipinski definition) is 4. The number of hydrogen-bond donors (Lipinski definition) is 2. The molecule has 1 amide bonds. The van der Waals surface area contributed by atoms with Crippen LogP contribution < -0.4 is 10.2 Å². The lowest BCUT2D eigenvalue weighted by Crippen LogP contribution is -2.17. The smallest absolute Gasteiger partial charge is 0.271 e. The summed E-state index contributed by atoms with van der Waals surface area (Å²) in [6.07, 6.45) is 11.7. The molecule has 0 radical (unpaired) electrons. The molecule has 0 aliphatic carbocycles. The van der Waals surface area contributed by atoms with E-state index in [1.54, 1.807) is 36.4 Å². The number of phenolic OH excluding ortho intramolecular Hbond substituents is 1. The van der Waals surface area contributed by atoms with Crippen molar-refractivity contribution in [1.29, 1.82) is 0 Å². The van der Waals surface area contributed by atoms with Gasteiger partial charge in [-0.2, -0.15) is 5.10 Å². The van der Waals surface area contributed by atoms with Crippen LogP contribution in [-0.2, 0) is 0 Å². The van der Waals surface area contributed by atoms with Crippen molar-refractivity contribution in [2.24, 2.45) is 5.10 Å². The van der Waals surface area contributed by atoms with Crippen LogP contribution in [0.3, 0.4) is 0 Å². The van der Waals surface area contributed by atoms with Gasteiger partial charge >= 0.3 is 0 Å². The summed E-state index contributed by atoms with van der Waals surface area (Å²) in [5.41, 5.74) is 3.80. The highest BCUT2D eigenvalue weighted by molar-refractivity contribution is 5.95. The van der Waals surface area contributed by atoms with Gasteiger partial charge in [0.2, 0.25) is 0 Å². The van der Waals surface area contributed by atoms with Gasteiger partial charge in [0.25, 0.3) is 5.91 Å². The lowest BCUT2D eigenvalue weighted by Gasteiger charge is -2.07. The molecule has 2 aromatic rings. The second-order valence-corrected chi connectivity index (χ2v) is 7.14. The van der Waals surface area contributed by atoms with E-state index in [2.05, 4.69) is 17.5 Å². The van der Waals surface area contributed by atoms with Gasteiger partial charge in [-0.15, -0.1) is 0 Å². The molecular weight excluding hydrogens is 364 g/mol. The molecule has 0 aliphatic heterocycles. The maximum absolute atomic E-state index is 12.1. The lowest BCUT2D eigenvalue weighted by atomic mass is 10.1. The summed E-state index contributed by atoms with van der Waals surface area (Å²) in [6.45, 7) is 2.95. The Kier molecular flexibility index (Phi) is 10.4. The molecule has 5 nitrogen and oxygen atoms in total. The lowest BCUT2D eigenvalue weighted by molar-refractivity contribution is 0.0955. The summed E-state index contributed by atoms with van der Waals surface area (Å²) in [7, 11) is 0. The van der Waals surface area contributed by atoms with Crippen molar-refractivity contribution in [3.63, 3.8) is 0 Å². The topological polar surface area (TPSA) is 70.9 Å². The molecule has 0 fully saturated rings. The summed E-state index contributed by atoms with van der Waals surface area (Å²) in [5, 5.41) is 13.2. The molecule has 0 unspecified atom stereocenters. The molecule has 156 valence electrons. The highest BCUT2D eigenvalue weighted by Gasteiger charge is 2.04. The number of carbonyl (C=O) groups is 1. The number of nitrogens with one attached hydrogen (secondary N) is 1. The van der Waals surface area contributed by atoms with Crippen molar-refractivity contribution >= 4 is 12.1 Å². The highest BCUT2D eigenvalue weighted by atomic mass is 16.5. The summed E-state index contributed by atoms with van der Waals surface area (Å²) in [6, 6.07) is 13.6. The van der Waals surface area contributed by atoms with Gasteiger partial charge in [-0.3, -0.25) is 4.79 Å². The number of phenols is 1. The van der Waals surface area contributed by atoms with E-state index in [1.165, 1.54) is 51.2 Å². The van der Waals surface area contributed by atoms with Crippen LogP contribution in [0.4, 0.5) is 0 Å². The minimum absolute atomic E-state index is 0.191. The Labute approximate surface area is 173 Å². The number of ether oxygens (including phenoxy) is 1. The molecule has 0 spiro atoms. The minimum atomic E-state index is -0.283. The number of carbonyl (C=O) groups excluding carboxylic acids is 1. The first-order valence-electron chi connectivity index (χ1n) is 10.5. The predicted octanol–water partition coefficient (Wildman–Crippen LogP) is 5.68. The van der Waals surface area contributed by atoms with Crippen LogP contribution in [0, 0.1) is 0 Å². The molecule has 2 aromatic carbocycles. The van der Waals surface area contributed by atoms with Crippen molar-refractivity contribution in [3.8, 4) is 11.5 Å². The number of aromatic hydroxyl groups is 1. The molecule has 5 heteroatoms. The first-order valence-corrected chi connectivity index (χ1v) is 10.5. The number of nitrogens with zero attached hydrogens (tertiary/aromatic N) is 1. The number of amides is 1. The third kappa shape index (κ3) is 9.28. The summed E-state index contributed by atoms with van der Waals surface area (Å²) >= 11 is 0. The fraction of sp³-hybridized carbons (Fsp3) is 0.417. The van der Waals surface area contributed by atoms with Gasteiger partial charge in [-0.05, 0) is 60.5 Å². The predicted molar refractivity (Wildman–Crippen MR) is 118 cm³/mol. The SMILES string of the molecule is CCCCCCCCCCOc1ccc(C(=O)N/N=C\c2ccc(O)cc2)cc1. The maximum atomic E-state index is 12.1. The second kappa shape index (κ2) is 13.4. The number of hydrazone groups is 1. The zero-order chi connectivity index (χ0) is 20.7. The molecule has 0 aromatic heterocycles. The van der Waals surface area contributed by atoms with Gasteiger partial charge in [0, 0.05) is 5.56 Å². The molecule has 0 aliphatic rings. The van der Waals surface area contributed by atoms with E-state index in [-0.39, 0.29) is 11.7 Å². The zero-order valence-corrected chi connectivity index (χ0v) is 17.3. The number of benzene rings is 2. The molecule has 0 saturated heterocycles. The Hall–Kier alpha value is -2.82. The van der Waals surface area contributed by atoms with E-state index in [1.807, 2.05) is 12.1 Å². The maximum Gasteiger partial charge on any atom is 0.271 e. The van der Waals surface area contributed by atoms with E-state index >= 15 is 0 Å². The second-order valence-electron chi connectivity index (χ2n) is 7.14. The van der Waals surface area contributed by atoms with Crippen molar-refractivity contribution in [2.75, 3.05) is 6.61 Å². The van der Waals surface area contributed by atoms with Crippen molar-refractivity contribution in [2.45, 2.75) is 58.3 Å². The Bertz CT molecular complexity index is 740. The minimum Gasteiger partial charge on any atom is -0.508 e. The first kappa shape index (κ1) is 22.5. The molecule has 0 bridgehead atoms. The van der Waals surface area contributed by atoms with E-state index in [0.717, 1.165) is 17.7 Å². The summed E-state index contributed by atoms with van der Waals surface area (Å²) < 4.78 is 5.75. The van der Waals surface area contributed by atoms with Crippen molar-refractivity contribution in [1.82, 2.24) is 5.43 Å². The van der Waals surface area contributed by atoms with Gasteiger partial charge in [-0.25, -0.2) is 5.43 Å². The summed E-state index contributed by atoms with van der Waals surface area (Å²) in [4.78, 5) is 12.1. The fourth-order valence-corrected chi connectivity index (χ4v) is 2.92. The Morgan fingerprint density at radius 3 is 2.21 bits per heavy atom. The molecule has 0 saturated carbocycles. The van der Waals surface area contributed by atoms with Gasteiger partial charge in [0.05, 0.1) is 12.8 Å². The van der Waals surface area contributed by atoms with Crippen LogP contribution in [0.25, 0.3) is 0 Å². The molecule has 2 N–H and O–H groups in total. The molecular formula is C24H32N2O3. The van der Waals surface area contributed by atoms with Crippen LogP contribution in [0.2, 0.25) is 0 Å². The normalized spacial score (nSPS) is 10.9. The number of rotatable bonds is 13. The first-order chi connectivity index (χ1) is 14.2. The van der Waals surface area contributed by atoms with E-state index < -0.39 is 0 Å². The Morgan fingerprint density at radius 2 is 1.55 bits per heavy atom. The van der Waals surface area contributed by atoms with E-state index in [4.69, 9.17) is 4.74 Å². The monoisotopic (exact) mass is 396 g/mol. The quantitative estimate of drug-likeness (QED) is 0.260. The van der Waals surface area contributed by atoms with Crippen LogP contribution in [-0.4, -0.2) is 23.8 Å². The molecule has 29 heavy (non-hydrogen) atoms. The van der Waals surface area contributed by atoms with Gasteiger partial charge in [0.15, 0.2) is 0 Å². The van der Waals surface area contributed by atoms with E-state index in [0.29, 0.717) is 12.2 Å².